The molecule has 2 aliphatic heterocycles. The Morgan fingerprint density at radius 1 is 0.925 bits per heavy atom. The van der Waals surface area contributed by atoms with E-state index in [9.17, 15) is 24.3 Å². The van der Waals surface area contributed by atoms with E-state index in [-0.39, 0.29) is 64.1 Å². The summed E-state index contributed by atoms with van der Waals surface area (Å²) in [6.45, 7) is 14.5. The molecule has 0 saturated carbocycles. The molecule has 7 rings (SSSR count). The van der Waals surface area contributed by atoms with Gasteiger partial charge in [0.15, 0.2) is 5.82 Å². The first kappa shape index (κ1) is 49.5. The first-order valence-corrected chi connectivity index (χ1v) is 24.4. The molecule has 2 aromatic carbocycles. The molecule has 3 aromatic heterocycles. The lowest BCUT2D eigenvalue weighted by atomic mass is 9.85. The molecule has 0 radical (unpaired) electrons. The summed E-state index contributed by atoms with van der Waals surface area (Å²) in [6.07, 6.45) is -0.245. The lowest BCUT2D eigenvalue weighted by molar-refractivity contribution is -0.144. The molecule has 1 fully saturated rings. The molecule has 0 unspecified atom stereocenters. The number of nitrogens with zero attached hydrogens (tertiary/aromatic N) is 6. The number of nitrogens with one attached hydrogen (secondary N) is 3. The summed E-state index contributed by atoms with van der Waals surface area (Å²) in [5.74, 6) is -0.210. The number of aromatic nitrogens is 4. The molecular weight excluding hydrogens is 914 g/mol. The second-order valence-corrected chi connectivity index (χ2v) is 20.4. The van der Waals surface area contributed by atoms with Crippen molar-refractivity contribution >= 4 is 63.6 Å². The molecule has 2 aliphatic rings. The van der Waals surface area contributed by atoms with Crippen molar-refractivity contribution in [1.29, 1.82) is 0 Å². The minimum Gasteiger partial charge on any atom is -0.391 e. The zero-order chi connectivity index (χ0) is 48.0. The van der Waals surface area contributed by atoms with Gasteiger partial charge in [0, 0.05) is 60.3 Å². The number of β-amino-alcohol motifs (C(OH)–C–C–N with tert-alkyl or cyclic N) is 1. The van der Waals surface area contributed by atoms with Crippen molar-refractivity contribution in [2.75, 3.05) is 39.5 Å². The maximum atomic E-state index is 14.0. The first-order valence-electron chi connectivity index (χ1n) is 22.3. The molecule has 0 bridgehead atoms. The SMILES string of the molecule is Cc1ncsc1-c1ccc(CNC(=O)[C@@H]2C[C@@H](O)CN2C(=O)[C@@H](NC(=O)COCCCOCCNC(=O)C[C@H]2N=C(c3ccc(Cl)cc3)c3c(sc(C)c3C)-n3c(C)nnc32)C(C)(C)C)cc1. The maximum absolute atomic E-state index is 14.0. The number of ether oxygens (including phenoxy) is 2. The number of carbonyl (C=O) groups excluding carboxylic acids is 4. The number of aliphatic hydroxyl groups excluding tert-OH is 1. The van der Waals surface area contributed by atoms with Gasteiger partial charge in [0.2, 0.25) is 23.6 Å². The highest BCUT2D eigenvalue weighted by molar-refractivity contribution is 7.15. The Hall–Kier alpha value is -5.37. The maximum Gasteiger partial charge on any atom is 0.246 e. The highest BCUT2D eigenvalue weighted by atomic mass is 35.5. The van der Waals surface area contributed by atoms with Crippen molar-refractivity contribution in [3.05, 3.63) is 104 Å². The Morgan fingerprint density at radius 3 is 2.34 bits per heavy atom. The number of thiophene rings is 1. The number of halogens is 1. The van der Waals surface area contributed by atoms with Crippen LogP contribution in [0.4, 0.5) is 0 Å². The highest BCUT2D eigenvalue weighted by Gasteiger charge is 2.44. The summed E-state index contributed by atoms with van der Waals surface area (Å²) < 4.78 is 13.4. The van der Waals surface area contributed by atoms with Crippen LogP contribution < -0.4 is 16.0 Å². The van der Waals surface area contributed by atoms with E-state index < -0.39 is 41.5 Å². The number of thiazole rings is 1. The Labute approximate surface area is 403 Å². The van der Waals surface area contributed by atoms with Gasteiger partial charge in [-0.05, 0) is 68.4 Å². The van der Waals surface area contributed by atoms with Crippen LogP contribution in [0.25, 0.3) is 15.4 Å². The van der Waals surface area contributed by atoms with E-state index in [0.29, 0.717) is 29.7 Å². The number of benzene rings is 2. The lowest BCUT2D eigenvalue weighted by Gasteiger charge is -2.35. The van der Waals surface area contributed by atoms with Crippen molar-refractivity contribution in [3.8, 4) is 15.4 Å². The molecule has 0 aliphatic carbocycles. The third-order valence-corrected chi connectivity index (χ3v) is 14.2. The van der Waals surface area contributed by atoms with E-state index in [4.69, 9.17) is 26.1 Å². The van der Waals surface area contributed by atoms with Gasteiger partial charge in [0.1, 0.15) is 35.6 Å². The summed E-state index contributed by atoms with van der Waals surface area (Å²) in [6, 6.07) is 12.9. The number of carbonyl (C=O) groups is 4. The van der Waals surface area contributed by atoms with Crippen LogP contribution in [-0.2, 0) is 35.2 Å². The van der Waals surface area contributed by atoms with Crippen LogP contribution in [0.1, 0.15) is 90.5 Å². The van der Waals surface area contributed by atoms with Crippen LogP contribution in [0.5, 0.6) is 0 Å². The monoisotopic (exact) mass is 971 g/mol. The fraction of sp³-hybridized carbons (Fsp3) is 0.458. The predicted octanol–water partition coefficient (Wildman–Crippen LogP) is 5.97. The van der Waals surface area contributed by atoms with E-state index in [0.717, 1.165) is 54.0 Å². The van der Waals surface area contributed by atoms with E-state index in [2.05, 4.69) is 45.0 Å². The van der Waals surface area contributed by atoms with Crippen LogP contribution in [0.2, 0.25) is 5.02 Å². The number of aliphatic hydroxyl groups is 1. The van der Waals surface area contributed by atoms with Crippen LogP contribution in [0.15, 0.2) is 59.0 Å². The summed E-state index contributed by atoms with van der Waals surface area (Å²) in [4.78, 5) is 66.9. The molecule has 4 N–H and O–H groups in total. The average molecular weight is 973 g/mol. The Bertz CT molecular complexity index is 2600. The zero-order valence-corrected chi connectivity index (χ0v) is 41.2. The molecule has 67 heavy (non-hydrogen) atoms. The molecule has 16 nitrogen and oxygen atoms in total. The molecule has 5 heterocycles. The smallest absolute Gasteiger partial charge is 0.246 e. The topological polar surface area (TPSA) is 202 Å². The number of aliphatic imine (C=N–C) groups is 1. The summed E-state index contributed by atoms with van der Waals surface area (Å²) in [5, 5.41) is 29.7. The van der Waals surface area contributed by atoms with Crippen molar-refractivity contribution in [2.24, 2.45) is 10.4 Å². The van der Waals surface area contributed by atoms with Crippen LogP contribution in [-0.4, -0.2) is 117 Å². The predicted molar refractivity (Wildman–Crippen MR) is 259 cm³/mol. The van der Waals surface area contributed by atoms with E-state index >= 15 is 0 Å². The van der Waals surface area contributed by atoms with Crippen molar-refractivity contribution in [2.45, 2.75) is 98.5 Å². The number of fused-ring (bicyclic) bond motifs is 3. The molecule has 19 heteroatoms. The van der Waals surface area contributed by atoms with Gasteiger partial charge < -0.3 is 35.4 Å². The minimum absolute atomic E-state index is 0.0246. The van der Waals surface area contributed by atoms with E-state index in [1.807, 2.05) is 93.2 Å². The minimum atomic E-state index is -0.977. The summed E-state index contributed by atoms with van der Waals surface area (Å²) >= 11 is 9.45. The number of rotatable bonds is 18. The Balaban J connectivity index is 0.832. The average Bonchev–Trinajstić information content (AvgIpc) is 4.06. The highest BCUT2D eigenvalue weighted by Crippen LogP contribution is 2.40. The normalized spacial score (nSPS) is 17.3. The van der Waals surface area contributed by atoms with Crippen LogP contribution in [0, 0.1) is 33.1 Å². The van der Waals surface area contributed by atoms with Gasteiger partial charge in [-0.1, -0.05) is 68.8 Å². The lowest BCUT2D eigenvalue weighted by Crippen LogP contribution is -2.58. The molecule has 5 aromatic rings. The van der Waals surface area contributed by atoms with Gasteiger partial charge in [0.25, 0.3) is 0 Å². The largest absolute Gasteiger partial charge is 0.391 e. The number of hydrogen-bond donors (Lipinski definition) is 4. The van der Waals surface area contributed by atoms with Gasteiger partial charge in [-0.2, -0.15) is 0 Å². The quantitative estimate of drug-likeness (QED) is 0.0759. The third kappa shape index (κ3) is 11.8. The molecule has 4 amide bonds. The Morgan fingerprint density at radius 2 is 1.64 bits per heavy atom. The number of aryl methyl sites for hydroxylation is 3. The number of amides is 4. The van der Waals surface area contributed by atoms with Crippen molar-refractivity contribution < 1.29 is 33.8 Å². The fourth-order valence-electron chi connectivity index (χ4n) is 8.16. The first-order chi connectivity index (χ1) is 32.0. The molecular formula is C48H58ClN9O7S2. The molecule has 356 valence electrons. The number of hydrogen-bond acceptors (Lipinski definition) is 13. The van der Waals surface area contributed by atoms with E-state index in [1.54, 1.807) is 22.7 Å². The summed E-state index contributed by atoms with van der Waals surface area (Å²) in [5.41, 5.74) is 7.76. The molecule has 0 spiro atoms. The Kier molecular flexibility index (Phi) is 16.1. The molecule has 1 saturated heterocycles. The fourth-order valence-corrected chi connectivity index (χ4v) is 10.3. The second kappa shape index (κ2) is 21.7. The van der Waals surface area contributed by atoms with Gasteiger partial charge in [-0.3, -0.25) is 28.7 Å². The number of likely N-dealkylation sites (tertiary alicyclic amines) is 1. The van der Waals surface area contributed by atoms with E-state index in [1.165, 1.54) is 4.90 Å². The van der Waals surface area contributed by atoms with Gasteiger partial charge in [0.05, 0.1) is 40.9 Å². The zero-order valence-electron chi connectivity index (χ0n) is 38.9. The van der Waals surface area contributed by atoms with Crippen LogP contribution >= 0.6 is 34.3 Å². The third-order valence-electron chi connectivity index (χ3n) is 11.8. The van der Waals surface area contributed by atoms with Gasteiger partial charge >= 0.3 is 0 Å². The second-order valence-electron chi connectivity index (χ2n) is 17.9. The summed E-state index contributed by atoms with van der Waals surface area (Å²) in [7, 11) is 0. The van der Waals surface area contributed by atoms with Gasteiger partial charge in [-0.25, -0.2) is 4.98 Å². The van der Waals surface area contributed by atoms with Crippen molar-refractivity contribution in [3.63, 3.8) is 0 Å². The van der Waals surface area contributed by atoms with Gasteiger partial charge in [-0.15, -0.1) is 32.9 Å². The van der Waals surface area contributed by atoms with Crippen LogP contribution in [0.3, 0.4) is 0 Å². The molecule has 4 atom stereocenters. The standard InChI is InChI=1S/C48H58ClN9O7S2/c1-27-29(3)67-47-40(27)41(32-13-15-34(49)16-14-32)53-36(44-56-55-30(4)58(44)47)22-38(60)50-17-20-64-18-8-19-65-25-39(61)54-43(48(5,6)7)46(63)57-24-35(59)21-37(57)45(62)51-23-31-9-11-33(12-10-31)42-28(2)52-26-66-42/h9-16,26,35-37,43,59H,8,17-25H2,1-7H3,(H,50,60)(H,51,62)(H,54,61)/t35-,36-,37+,43-/m1/s1. The van der Waals surface area contributed by atoms with Crippen molar-refractivity contribution in [1.82, 2.24) is 40.6 Å².